The minimum atomic E-state index is -0.649. The zero-order chi connectivity index (χ0) is 29.5. The third kappa shape index (κ3) is 13.2. The number of thioether (sulfide) groups is 1. The van der Waals surface area contributed by atoms with Crippen LogP contribution in [0.5, 0.6) is 5.75 Å². The van der Waals surface area contributed by atoms with Gasteiger partial charge in [-0.3, -0.25) is 24.5 Å². The summed E-state index contributed by atoms with van der Waals surface area (Å²) < 4.78 is 6.09. The molecule has 1 aliphatic heterocycles. The van der Waals surface area contributed by atoms with Gasteiger partial charge in [0.15, 0.2) is 0 Å². The quantitative estimate of drug-likeness (QED) is 0.101. The zero-order valence-corrected chi connectivity index (χ0v) is 26.4. The molecule has 0 bridgehead atoms. The highest BCUT2D eigenvalue weighted by molar-refractivity contribution is 9.10. The highest BCUT2D eigenvalue weighted by atomic mass is 79.9. The number of hydrogen-bond acceptors (Lipinski definition) is 6. The monoisotopic (exact) mass is 649 g/mol. The second kappa shape index (κ2) is 18.4. The van der Waals surface area contributed by atoms with E-state index in [9.17, 15) is 19.2 Å². The van der Waals surface area contributed by atoms with Crippen LogP contribution in [0.2, 0.25) is 0 Å². The van der Waals surface area contributed by atoms with Gasteiger partial charge in [-0.25, -0.2) is 0 Å². The number of esters is 1. The number of carbonyl (C=O) groups excluding carboxylic acids is 3. The molecular weight excluding hydrogens is 606 g/mol. The molecule has 1 aromatic rings. The minimum absolute atomic E-state index is 0.230. The molecular formula is C32H44BrNO6S. The summed E-state index contributed by atoms with van der Waals surface area (Å²) in [7, 11) is 0. The summed E-state index contributed by atoms with van der Waals surface area (Å²) in [6, 6.07) is 5.20. The van der Waals surface area contributed by atoms with Crippen LogP contribution in [0.3, 0.4) is 0 Å². The Morgan fingerprint density at radius 3 is 2.00 bits per heavy atom. The second-order valence-corrected chi connectivity index (χ2v) is 13.3. The Kier molecular flexibility index (Phi) is 15.0. The topological polar surface area (TPSA) is 110 Å². The maximum atomic E-state index is 12.1. The van der Waals surface area contributed by atoms with Gasteiger partial charge in [0.2, 0.25) is 0 Å². The molecule has 2 N–H and O–H groups in total. The van der Waals surface area contributed by atoms with Gasteiger partial charge in [-0.05, 0) is 76.1 Å². The fraction of sp³-hybridized carbons (Fsp3) is 0.625. The Morgan fingerprint density at radius 1 is 0.902 bits per heavy atom. The number of unbranched alkanes of at least 4 members (excludes halogenated alkanes) is 2. The molecule has 226 valence electrons. The number of ether oxygens (including phenoxy) is 1. The minimum Gasteiger partial charge on any atom is -0.481 e. The Balaban J connectivity index is 0.000000298. The molecule has 1 heterocycles. The maximum absolute atomic E-state index is 12.1. The first-order valence-electron chi connectivity index (χ1n) is 15.3. The molecule has 0 aromatic heterocycles. The number of imide groups is 1. The summed E-state index contributed by atoms with van der Waals surface area (Å²) in [5.74, 6) is 0.933. The molecule has 2 amide bonds. The van der Waals surface area contributed by atoms with Crippen molar-refractivity contribution in [3.05, 3.63) is 33.1 Å². The number of benzene rings is 1. The molecule has 0 unspecified atom stereocenters. The van der Waals surface area contributed by atoms with Gasteiger partial charge in [0, 0.05) is 12.8 Å². The second-order valence-electron chi connectivity index (χ2n) is 11.4. The first-order chi connectivity index (χ1) is 19.8. The predicted molar refractivity (Wildman–Crippen MR) is 167 cm³/mol. The first kappa shape index (κ1) is 33.4. The number of halogens is 1. The highest BCUT2D eigenvalue weighted by Crippen LogP contribution is 2.31. The summed E-state index contributed by atoms with van der Waals surface area (Å²) in [5, 5.41) is 10.3. The predicted octanol–water partition coefficient (Wildman–Crippen LogP) is 9.03. The number of nitrogens with one attached hydrogen (secondary N) is 1. The number of rotatable bonds is 12. The number of amides is 2. The van der Waals surface area contributed by atoms with Gasteiger partial charge in [0.1, 0.15) is 5.75 Å². The third-order valence-corrected chi connectivity index (χ3v) is 9.50. The van der Waals surface area contributed by atoms with E-state index < -0.39 is 11.9 Å². The van der Waals surface area contributed by atoms with Crippen LogP contribution in [0.4, 0.5) is 4.79 Å². The van der Waals surface area contributed by atoms with Crippen molar-refractivity contribution in [1.82, 2.24) is 5.32 Å². The van der Waals surface area contributed by atoms with Gasteiger partial charge in [-0.15, -0.1) is 0 Å². The average Bonchev–Trinajstić information content (AvgIpc) is 3.28. The van der Waals surface area contributed by atoms with Crippen LogP contribution in [0.15, 0.2) is 27.6 Å². The van der Waals surface area contributed by atoms with E-state index in [2.05, 4.69) is 21.2 Å². The fourth-order valence-corrected chi connectivity index (χ4v) is 6.96. The van der Waals surface area contributed by atoms with E-state index >= 15 is 0 Å². The zero-order valence-electron chi connectivity index (χ0n) is 24.0. The van der Waals surface area contributed by atoms with Crippen LogP contribution in [0.1, 0.15) is 121 Å². The van der Waals surface area contributed by atoms with Crippen LogP contribution >= 0.6 is 27.7 Å². The van der Waals surface area contributed by atoms with E-state index in [0.29, 0.717) is 28.0 Å². The fourth-order valence-electron chi connectivity index (χ4n) is 5.80. The molecule has 2 saturated carbocycles. The Bertz CT molecular complexity index is 1060. The van der Waals surface area contributed by atoms with Crippen molar-refractivity contribution >= 4 is 56.9 Å². The lowest BCUT2D eigenvalue weighted by Crippen LogP contribution is -2.17. The maximum Gasteiger partial charge on any atom is 0.311 e. The SMILES string of the molecule is O=C(CCCCC1CCCCC1)Oc1ccc(/C=C2\SC(=O)NC2=O)cc1Br.O=C(O)CCCCC1CCCCC1. The van der Waals surface area contributed by atoms with E-state index in [-0.39, 0.29) is 11.2 Å². The normalized spacial score (nSPS) is 19.0. The Hall–Kier alpha value is -2.13. The first-order valence-corrected chi connectivity index (χ1v) is 16.9. The van der Waals surface area contributed by atoms with Crippen LogP contribution in [0.25, 0.3) is 6.08 Å². The van der Waals surface area contributed by atoms with Crippen molar-refractivity contribution in [3.63, 3.8) is 0 Å². The van der Waals surface area contributed by atoms with Gasteiger partial charge in [-0.2, -0.15) is 0 Å². The molecule has 7 nitrogen and oxygen atoms in total. The number of aliphatic carboxylic acids is 1. The molecule has 3 fully saturated rings. The lowest BCUT2D eigenvalue weighted by Gasteiger charge is -2.21. The molecule has 0 spiro atoms. The van der Waals surface area contributed by atoms with Crippen molar-refractivity contribution in [2.45, 2.75) is 116 Å². The number of carboxylic acids is 1. The Morgan fingerprint density at radius 2 is 1.49 bits per heavy atom. The van der Waals surface area contributed by atoms with Gasteiger partial charge in [-0.1, -0.05) is 96.0 Å². The number of carboxylic acid groups (broad SMARTS) is 1. The van der Waals surface area contributed by atoms with Gasteiger partial charge in [0.05, 0.1) is 9.38 Å². The number of carbonyl (C=O) groups is 4. The van der Waals surface area contributed by atoms with Crippen molar-refractivity contribution in [2.75, 3.05) is 0 Å². The molecule has 9 heteroatoms. The summed E-state index contributed by atoms with van der Waals surface area (Å²) in [6.45, 7) is 0. The molecule has 0 atom stereocenters. The van der Waals surface area contributed by atoms with Crippen molar-refractivity contribution < 1.29 is 29.0 Å². The van der Waals surface area contributed by atoms with Crippen LogP contribution in [0, 0.1) is 11.8 Å². The molecule has 3 aliphatic rings. The van der Waals surface area contributed by atoms with Gasteiger partial charge >= 0.3 is 11.9 Å². The van der Waals surface area contributed by atoms with Crippen LogP contribution in [-0.4, -0.2) is 28.2 Å². The van der Waals surface area contributed by atoms with Crippen molar-refractivity contribution in [1.29, 1.82) is 0 Å². The molecule has 1 saturated heterocycles. The molecule has 1 aromatic carbocycles. The summed E-state index contributed by atoms with van der Waals surface area (Å²) in [4.78, 5) is 45.5. The van der Waals surface area contributed by atoms with E-state index in [1.54, 1.807) is 24.3 Å². The van der Waals surface area contributed by atoms with Gasteiger partial charge in [0.25, 0.3) is 11.1 Å². The summed E-state index contributed by atoms with van der Waals surface area (Å²) >= 11 is 4.28. The standard InChI is InChI=1S/C21H24BrNO4S.C11H20O2/c22-16-12-15(13-18-20(25)23-21(26)28-18)10-11-17(16)27-19(24)9-5-4-8-14-6-2-1-3-7-14;12-11(13)9-5-4-8-10-6-2-1-3-7-10/h10-14H,1-9H2,(H,23,25,26);10H,1-9H2,(H,12,13)/b18-13-;. The lowest BCUT2D eigenvalue weighted by atomic mass is 9.86. The summed E-state index contributed by atoms with van der Waals surface area (Å²) in [6.07, 6.45) is 22.5. The third-order valence-electron chi connectivity index (χ3n) is 8.07. The molecule has 2 aliphatic carbocycles. The largest absolute Gasteiger partial charge is 0.481 e. The van der Waals surface area contributed by atoms with E-state index in [4.69, 9.17) is 9.84 Å². The molecule has 0 radical (unpaired) electrons. The van der Waals surface area contributed by atoms with Crippen molar-refractivity contribution in [3.8, 4) is 5.75 Å². The number of hydrogen-bond donors (Lipinski definition) is 2. The Labute approximate surface area is 256 Å². The van der Waals surface area contributed by atoms with Crippen molar-refractivity contribution in [2.24, 2.45) is 11.8 Å². The van der Waals surface area contributed by atoms with E-state index in [1.807, 2.05) is 0 Å². The van der Waals surface area contributed by atoms with E-state index in [1.165, 1.54) is 77.0 Å². The van der Waals surface area contributed by atoms with Gasteiger partial charge < -0.3 is 9.84 Å². The molecule has 41 heavy (non-hydrogen) atoms. The summed E-state index contributed by atoms with van der Waals surface area (Å²) in [5.41, 5.74) is 0.742. The lowest BCUT2D eigenvalue weighted by molar-refractivity contribution is -0.137. The average molecular weight is 651 g/mol. The van der Waals surface area contributed by atoms with E-state index in [0.717, 1.165) is 54.8 Å². The van der Waals surface area contributed by atoms with Crippen LogP contribution in [-0.2, 0) is 14.4 Å². The smallest absolute Gasteiger partial charge is 0.311 e. The highest BCUT2D eigenvalue weighted by Gasteiger charge is 2.25. The molecule has 4 rings (SSSR count). The van der Waals surface area contributed by atoms with Crippen LogP contribution < -0.4 is 10.1 Å².